The van der Waals surface area contributed by atoms with Crippen LogP contribution in [0.3, 0.4) is 0 Å². The van der Waals surface area contributed by atoms with Crippen molar-refractivity contribution in [2.45, 2.75) is 58.3 Å². The van der Waals surface area contributed by atoms with Crippen molar-refractivity contribution in [2.75, 3.05) is 25.9 Å². The minimum Gasteiger partial charge on any atom is -0.442 e. The van der Waals surface area contributed by atoms with Gasteiger partial charge in [-0.1, -0.05) is 6.55 Å². The maximum Gasteiger partial charge on any atom is 0.310 e. The van der Waals surface area contributed by atoms with Gasteiger partial charge in [-0.05, 0) is 58.3 Å². The van der Waals surface area contributed by atoms with Crippen LogP contribution in [-0.2, 0) is 12.7 Å². The normalized spacial score (nSPS) is 16.4. The molecule has 0 saturated heterocycles. The highest BCUT2D eigenvalue weighted by molar-refractivity contribution is 6.84. The van der Waals surface area contributed by atoms with E-state index in [4.69, 9.17) is 18.4 Å². The van der Waals surface area contributed by atoms with Crippen molar-refractivity contribution in [3.63, 3.8) is 0 Å². The van der Waals surface area contributed by atoms with Crippen molar-refractivity contribution < 1.29 is 12.7 Å². The van der Waals surface area contributed by atoms with Gasteiger partial charge in [-0.3, -0.25) is 0 Å². The molecule has 0 fully saturated rings. The third-order valence-corrected chi connectivity index (χ3v) is 14.5. The maximum absolute atomic E-state index is 6.60. The van der Waals surface area contributed by atoms with Crippen LogP contribution in [0.15, 0.2) is 0 Å². The van der Waals surface area contributed by atoms with Crippen LogP contribution >= 0.6 is 0 Å². The first-order valence-corrected chi connectivity index (χ1v) is 19.5. The van der Waals surface area contributed by atoms with E-state index in [1.54, 1.807) is 0 Å². The molecule has 1 atom stereocenters. The minimum atomic E-state index is -1.99. The van der Waals surface area contributed by atoms with Crippen LogP contribution in [0.2, 0.25) is 51.9 Å². The molecule has 0 aliphatic heterocycles. The quantitative estimate of drug-likeness (QED) is 0.375. The number of nitrogens with two attached hydrogens (primary N) is 1. The van der Waals surface area contributed by atoms with Gasteiger partial charge in [0.2, 0.25) is 8.32 Å². The predicted octanol–water partition coefficient (Wildman–Crippen LogP) is 1.76. The van der Waals surface area contributed by atoms with Gasteiger partial charge in [0.05, 0.1) is 6.23 Å². The van der Waals surface area contributed by atoms with Gasteiger partial charge in [-0.15, -0.1) is 0 Å². The fourth-order valence-corrected chi connectivity index (χ4v) is 15.3. The molecule has 0 aliphatic carbocycles. The first-order valence-electron chi connectivity index (χ1n) is 8.42. The third-order valence-electron chi connectivity index (χ3n) is 3.17. The zero-order valence-electron chi connectivity index (χ0n) is 15.8. The highest BCUT2D eigenvalue weighted by atomic mass is 28.5. The van der Waals surface area contributed by atoms with Gasteiger partial charge >= 0.3 is 8.56 Å². The highest BCUT2D eigenvalue weighted by Crippen LogP contribution is 2.22. The SMILES string of the molecule is C[SiH2]O[Si](C)(C)O[Si](C)(CCCNCCN)CO[Si](C)(C)C. The molecule has 1 unspecified atom stereocenters. The number of rotatable bonds is 13. The molecule has 0 amide bonds. The molecule has 3 N–H and O–H groups in total. The summed E-state index contributed by atoms with van der Waals surface area (Å²) in [4.78, 5) is 0. The Bertz CT molecular complexity index is 304. The van der Waals surface area contributed by atoms with Crippen LogP contribution in [0.5, 0.6) is 0 Å². The van der Waals surface area contributed by atoms with E-state index in [-0.39, 0.29) is 0 Å². The number of hydrogen-bond donors (Lipinski definition) is 2. The Labute approximate surface area is 143 Å². The van der Waals surface area contributed by atoms with E-state index < -0.39 is 35.0 Å². The average Bonchev–Trinajstić information content (AvgIpc) is 2.35. The summed E-state index contributed by atoms with van der Waals surface area (Å²) < 4.78 is 18.8. The van der Waals surface area contributed by atoms with Crippen LogP contribution in [0.1, 0.15) is 6.42 Å². The van der Waals surface area contributed by atoms with E-state index in [1.165, 1.54) is 0 Å². The summed E-state index contributed by atoms with van der Waals surface area (Å²) in [7, 11) is -5.83. The summed E-state index contributed by atoms with van der Waals surface area (Å²) in [6.45, 7) is 18.1. The molecule has 0 aromatic heterocycles. The molecular formula is C13H38N2O3Si4. The summed E-state index contributed by atoms with van der Waals surface area (Å²) in [6.07, 6.45) is 1.91. The Morgan fingerprint density at radius 1 is 1.05 bits per heavy atom. The topological polar surface area (TPSA) is 65.7 Å². The van der Waals surface area contributed by atoms with Gasteiger partial charge in [0.25, 0.3) is 0 Å². The van der Waals surface area contributed by atoms with E-state index in [2.05, 4.69) is 51.1 Å². The molecule has 0 bridgehead atoms. The standard InChI is InChI=1S/C13H38N2O3Si4/c1-19-17-21(5,6)18-22(7,13-16-20(2,3)4)12-8-10-15-11-9-14/h15H,8-14,19H2,1-7H3. The second-order valence-electron chi connectivity index (χ2n) is 7.43. The summed E-state index contributed by atoms with van der Waals surface area (Å²) in [5, 5.41) is 3.36. The molecule has 0 spiro atoms. The van der Waals surface area contributed by atoms with Gasteiger partial charge in [0, 0.05) is 13.1 Å². The molecule has 9 heteroatoms. The van der Waals surface area contributed by atoms with Crippen molar-refractivity contribution in [3.05, 3.63) is 0 Å². The number of nitrogens with one attached hydrogen (secondary N) is 1. The van der Waals surface area contributed by atoms with Gasteiger partial charge in [-0.2, -0.15) is 0 Å². The van der Waals surface area contributed by atoms with Gasteiger partial charge in [0.1, 0.15) is 9.76 Å². The molecule has 5 nitrogen and oxygen atoms in total. The Morgan fingerprint density at radius 3 is 2.18 bits per heavy atom. The molecule has 0 aliphatic rings. The average molecular weight is 383 g/mol. The number of hydrogen-bond acceptors (Lipinski definition) is 5. The van der Waals surface area contributed by atoms with Crippen LogP contribution in [0.4, 0.5) is 0 Å². The summed E-state index contributed by atoms with van der Waals surface area (Å²) in [5.74, 6) is 0. The summed E-state index contributed by atoms with van der Waals surface area (Å²) >= 11 is 0. The lowest BCUT2D eigenvalue weighted by atomic mass is 10.5. The Balaban J connectivity index is 4.60. The smallest absolute Gasteiger partial charge is 0.310 e. The first kappa shape index (κ1) is 22.7. The second-order valence-corrected chi connectivity index (χ2v) is 21.0. The Kier molecular flexibility index (Phi) is 10.8. The molecule has 22 heavy (non-hydrogen) atoms. The van der Waals surface area contributed by atoms with Crippen LogP contribution in [0.25, 0.3) is 0 Å². The summed E-state index contributed by atoms with van der Waals surface area (Å²) in [5.41, 5.74) is 5.51. The molecule has 0 radical (unpaired) electrons. The van der Waals surface area contributed by atoms with E-state index in [0.717, 1.165) is 31.8 Å². The molecule has 0 rings (SSSR count). The van der Waals surface area contributed by atoms with E-state index >= 15 is 0 Å². The van der Waals surface area contributed by atoms with Gasteiger partial charge < -0.3 is 23.7 Å². The third kappa shape index (κ3) is 12.1. The lowest BCUT2D eigenvalue weighted by Gasteiger charge is -2.37. The molecule has 134 valence electrons. The maximum atomic E-state index is 6.60. The van der Waals surface area contributed by atoms with E-state index in [9.17, 15) is 0 Å². The minimum absolute atomic E-state index is 0.430. The molecule has 0 heterocycles. The van der Waals surface area contributed by atoms with E-state index in [1.807, 2.05) is 0 Å². The first-order chi connectivity index (χ1) is 10.0. The fraction of sp³-hybridized carbons (Fsp3) is 1.00. The van der Waals surface area contributed by atoms with Crippen molar-refractivity contribution >= 4 is 35.0 Å². The summed E-state index contributed by atoms with van der Waals surface area (Å²) in [6, 6.07) is 1.11. The molecule has 0 aromatic carbocycles. The molecular weight excluding hydrogens is 344 g/mol. The molecule has 0 aromatic rings. The highest BCUT2D eigenvalue weighted by Gasteiger charge is 2.38. The Hall–Kier alpha value is 0.668. The largest absolute Gasteiger partial charge is 0.442 e. The molecule has 0 saturated carbocycles. The van der Waals surface area contributed by atoms with Crippen molar-refractivity contribution in [1.29, 1.82) is 0 Å². The van der Waals surface area contributed by atoms with Crippen molar-refractivity contribution in [1.82, 2.24) is 5.32 Å². The zero-order valence-corrected chi connectivity index (χ0v) is 20.2. The zero-order chi connectivity index (χ0) is 17.3. The lowest BCUT2D eigenvalue weighted by Crippen LogP contribution is -2.53. The van der Waals surface area contributed by atoms with Crippen LogP contribution in [-0.4, -0.2) is 60.8 Å². The van der Waals surface area contributed by atoms with E-state index in [0.29, 0.717) is 6.54 Å². The Morgan fingerprint density at radius 2 is 1.68 bits per heavy atom. The monoisotopic (exact) mass is 382 g/mol. The van der Waals surface area contributed by atoms with Crippen LogP contribution in [0, 0.1) is 0 Å². The second kappa shape index (κ2) is 10.5. The van der Waals surface area contributed by atoms with Crippen molar-refractivity contribution in [2.24, 2.45) is 5.73 Å². The van der Waals surface area contributed by atoms with Gasteiger partial charge in [0.15, 0.2) is 8.32 Å². The lowest BCUT2D eigenvalue weighted by molar-refractivity contribution is 0.324. The van der Waals surface area contributed by atoms with Crippen molar-refractivity contribution in [3.8, 4) is 0 Å². The fourth-order valence-electron chi connectivity index (χ4n) is 2.31. The van der Waals surface area contributed by atoms with Gasteiger partial charge in [-0.25, -0.2) is 0 Å². The predicted molar refractivity (Wildman–Crippen MR) is 106 cm³/mol. The van der Waals surface area contributed by atoms with Crippen LogP contribution < -0.4 is 11.1 Å².